The van der Waals surface area contributed by atoms with E-state index in [1.165, 1.54) is 89.0 Å². The zero-order chi connectivity index (χ0) is 24.4. The number of unbranched alkanes of at least 4 members (excludes halogenated alkanes) is 5. The third kappa shape index (κ3) is 5.19. The number of piperidine rings is 1. The van der Waals surface area contributed by atoms with Crippen LogP contribution in [-0.4, -0.2) is 46.4 Å². The molecule has 1 saturated heterocycles. The normalized spacial score (nSPS) is 23.6. The lowest BCUT2D eigenvalue weighted by molar-refractivity contribution is -0.150. The van der Waals surface area contributed by atoms with Crippen molar-refractivity contribution in [1.82, 2.24) is 9.80 Å². The van der Waals surface area contributed by atoms with Gasteiger partial charge in [0, 0.05) is 30.5 Å². The molecule has 35 heavy (non-hydrogen) atoms. The molecule has 3 amide bonds. The number of likely N-dealkylation sites (N-methyl/N-ethyl adjacent to an activating group) is 1. The summed E-state index contributed by atoms with van der Waals surface area (Å²) in [6.45, 7) is 0.470. The minimum absolute atomic E-state index is 0.0756. The summed E-state index contributed by atoms with van der Waals surface area (Å²) in [4.78, 5) is 41.6. The number of rotatable bonds is 11. The summed E-state index contributed by atoms with van der Waals surface area (Å²) in [6.07, 6.45) is 17.7. The number of thioether (sulfide) groups is 1. The van der Waals surface area contributed by atoms with Crippen molar-refractivity contribution in [2.24, 2.45) is 11.3 Å². The van der Waals surface area contributed by atoms with Crippen LogP contribution in [0.3, 0.4) is 0 Å². The number of hydrogen-bond acceptors (Lipinski definition) is 4. The lowest BCUT2D eigenvalue weighted by atomic mass is 9.51. The quantitative estimate of drug-likeness (QED) is 0.208. The summed E-state index contributed by atoms with van der Waals surface area (Å²) in [5.74, 6) is 1.61. The fraction of sp³-hybridized carbons (Fsp3) is 0.690. The Bertz CT molecular complexity index is 965. The number of hydrogen-bond donors (Lipinski definition) is 0. The van der Waals surface area contributed by atoms with Crippen molar-refractivity contribution in [3.05, 3.63) is 29.3 Å². The minimum atomic E-state index is -0.529. The maximum atomic E-state index is 13.1. The predicted octanol–water partition coefficient (Wildman–Crippen LogP) is 6.19. The highest BCUT2D eigenvalue weighted by Gasteiger charge is 2.47. The van der Waals surface area contributed by atoms with Crippen LogP contribution in [0.25, 0.3) is 0 Å². The van der Waals surface area contributed by atoms with Crippen LogP contribution in [-0.2, 0) is 16.1 Å². The van der Waals surface area contributed by atoms with E-state index >= 15 is 0 Å². The monoisotopic (exact) mass is 496 g/mol. The molecule has 0 radical (unpaired) electrons. The molecule has 2 saturated carbocycles. The first kappa shape index (κ1) is 24.9. The first-order valence-corrected chi connectivity index (χ1v) is 14.8. The summed E-state index contributed by atoms with van der Waals surface area (Å²) in [7, 11) is 1.52. The Morgan fingerprint density at radius 3 is 2.49 bits per heavy atom. The Balaban J connectivity index is 1.00. The van der Waals surface area contributed by atoms with Crippen LogP contribution in [0.2, 0.25) is 0 Å². The van der Waals surface area contributed by atoms with Crippen LogP contribution in [0.4, 0.5) is 0 Å². The van der Waals surface area contributed by atoms with Crippen molar-refractivity contribution in [3.63, 3.8) is 0 Å². The second-order valence-electron chi connectivity index (χ2n) is 11.4. The van der Waals surface area contributed by atoms with E-state index in [1.807, 2.05) is 23.9 Å². The van der Waals surface area contributed by atoms with E-state index in [4.69, 9.17) is 0 Å². The predicted molar refractivity (Wildman–Crippen MR) is 139 cm³/mol. The Kier molecular flexibility index (Phi) is 7.57. The van der Waals surface area contributed by atoms with Crippen molar-refractivity contribution in [2.45, 2.75) is 107 Å². The highest BCUT2D eigenvalue weighted by molar-refractivity contribution is 7.99. The van der Waals surface area contributed by atoms with Crippen LogP contribution >= 0.6 is 11.8 Å². The Hall–Kier alpha value is -1.82. The Morgan fingerprint density at radius 2 is 1.74 bits per heavy atom. The van der Waals surface area contributed by atoms with Gasteiger partial charge in [-0.15, -0.1) is 11.8 Å². The number of nitrogens with zero attached hydrogens (tertiary/aromatic N) is 2. The van der Waals surface area contributed by atoms with Gasteiger partial charge in [-0.05, 0) is 73.3 Å². The van der Waals surface area contributed by atoms with Gasteiger partial charge in [-0.3, -0.25) is 19.3 Å². The molecule has 190 valence electrons. The second kappa shape index (κ2) is 10.7. The molecule has 5 rings (SSSR count). The van der Waals surface area contributed by atoms with Gasteiger partial charge in [0.05, 0.1) is 0 Å². The first-order chi connectivity index (χ1) is 17.0. The van der Waals surface area contributed by atoms with Gasteiger partial charge in [0.1, 0.15) is 6.04 Å². The Labute approximate surface area is 214 Å². The summed E-state index contributed by atoms with van der Waals surface area (Å²) in [6, 6.07) is 5.40. The molecule has 5 nitrogen and oxygen atoms in total. The SMILES string of the molecule is CN1C(=O)CCC(N2Cc3c(SCCCCCCCCC4CC5(CCC5)C4)cccc3C2=O)C1=O. The summed E-state index contributed by atoms with van der Waals surface area (Å²) in [5.41, 5.74) is 2.60. The smallest absolute Gasteiger partial charge is 0.255 e. The van der Waals surface area contributed by atoms with Crippen molar-refractivity contribution < 1.29 is 14.4 Å². The maximum Gasteiger partial charge on any atom is 0.255 e. The molecule has 1 aromatic rings. The number of likely N-dealkylation sites (tertiary alicyclic amines) is 1. The number of fused-ring (bicyclic) bond motifs is 1. The molecule has 2 aliphatic carbocycles. The number of imide groups is 1. The highest BCUT2D eigenvalue weighted by Crippen LogP contribution is 2.59. The third-order valence-corrected chi connectivity index (χ3v) is 10.3. The van der Waals surface area contributed by atoms with Gasteiger partial charge in [0.25, 0.3) is 11.8 Å². The van der Waals surface area contributed by atoms with Crippen LogP contribution in [0, 0.1) is 11.3 Å². The van der Waals surface area contributed by atoms with Crippen molar-refractivity contribution in [3.8, 4) is 0 Å². The molecule has 0 N–H and O–H groups in total. The molecule has 1 atom stereocenters. The topological polar surface area (TPSA) is 57.7 Å². The molecule has 6 heteroatoms. The molecule has 1 aromatic carbocycles. The van der Waals surface area contributed by atoms with Crippen LogP contribution in [0.1, 0.15) is 106 Å². The Morgan fingerprint density at radius 1 is 1.00 bits per heavy atom. The van der Waals surface area contributed by atoms with Crippen LogP contribution < -0.4 is 0 Å². The van der Waals surface area contributed by atoms with Crippen molar-refractivity contribution in [2.75, 3.05) is 12.8 Å². The van der Waals surface area contributed by atoms with E-state index in [1.54, 1.807) is 4.90 Å². The van der Waals surface area contributed by atoms with E-state index < -0.39 is 6.04 Å². The van der Waals surface area contributed by atoms with Gasteiger partial charge in [-0.1, -0.05) is 51.0 Å². The molecule has 4 aliphatic rings. The van der Waals surface area contributed by atoms with Gasteiger partial charge in [0.15, 0.2) is 0 Å². The fourth-order valence-electron chi connectivity index (χ4n) is 6.78. The van der Waals surface area contributed by atoms with E-state index in [0.29, 0.717) is 19.4 Å². The van der Waals surface area contributed by atoms with Crippen molar-refractivity contribution in [1.29, 1.82) is 0 Å². The molecule has 1 unspecified atom stereocenters. The van der Waals surface area contributed by atoms with E-state index in [-0.39, 0.29) is 17.7 Å². The van der Waals surface area contributed by atoms with Crippen LogP contribution in [0.5, 0.6) is 0 Å². The summed E-state index contributed by atoms with van der Waals surface area (Å²) >= 11 is 1.84. The van der Waals surface area contributed by atoms with Crippen LogP contribution in [0.15, 0.2) is 23.1 Å². The molecule has 0 bridgehead atoms. The molecule has 0 aromatic heterocycles. The van der Waals surface area contributed by atoms with E-state index in [2.05, 4.69) is 6.07 Å². The van der Waals surface area contributed by atoms with E-state index in [9.17, 15) is 14.4 Å². The van der Waals surface area contributed by atoms with Gasteiger partial charge < -0.3 is 4.90 Å². The number of amides is 3. The molecular weight excluding hydrogens is 456 g/mol. The maximum absolute atomic E-state index is 13.1. The lowest BCUT2D eigenvalue weighted by Gasteiger charge is -2.54. The number of benzene rings is 1. The zero-order valence-electron chi connectivity index (χ0n) is 21.2. The molecule has 1 spiro atoms. The van der Waals surface area contributed by atoms with Gasteiger partial charge >= 0.3 is 0 Å². The van der Waals surface area contributed by atoms with Gasteiger partial charge in [-0.2, -0.15) is 0 Å². The molecular formula is C29H40N2O3S. The average Bonchev–Trinajstić information content (AvgIpc) is 3.13. The van der Waals surface area contributed by atoms with Gasteiger partial charge in [0.2, 0.25) is 5.91 Å². The molecule has 3 fully saturated rings. The lowest BCUT2D eigenvalue weighted by Crippen LogP contribution is -2.53. The minimum Gasteiger partial charge on any atom is -0.322 e. The molecule has 2 heterocycles. The fourth-order valence-corrected chi connectivity index (χ4v) is 7.87. The van der Waals surface area contributed by atoms with E-state index in [0.717, 1.165) is 33.1 Å². The zero-order valence-corrected chi connectivity index (χ0v) is 22.0. The highest BCUT2D eigenvalue weighted by atomic mass is 32.2. The first-order valence-electron chi connectivity index (χ1n) is 13.8. The molecule has 2 aliphatic heterocycles. The number of carbonyl (C=O) groups excluding carboxylic acids is 3. The summed E-state index contributed by atoms with van der Waals surface area (Å²) < 4.78 is 0. The summed E-state index contributed by atoms with van der Waals surface area (Å²) in [5, 5.41) is 0. The average molecular weight is 497 g/mol. The van der Waals surface area contributed by atoms with Gasteiger partial charge in [-0.25, -0.2) is 0 Å². The van der Waals surface area contributed by atoms with Crippen molar-refractivity contribution >= 4 is 29.5 Å². The second-order valence-corrected chi connectivity index (χ2v) is 12.6. The third-order valence-electron chi connectivity index (χ3n) is 9.07. The standard InChI is InChI=1S/C29H40N2O3S/c1-30-26(32)14-13-24(28(30)34)31-20-23-22(27(31)33)11-8-12-25(23)35-17-7-5-3-2-4-6-10-21-18-29(19-21)15-9-16-29/h8,11-12,21,24H,2-7,9-10,13-20H2,1H3. The number of carbonyl (C=O) groups is 3. The largest absolute Gasteiger partial charge is 0.322 e.